The van der Waals surface area contributed by atoms with E-state index in [0.717, 1.165) is 12.2 Å². The predicted octanol–water partition coefficient (Wildman–Crippen LogP) is 6.95. The fourth-order valence-electron chi connectivity index (χ4n) is 5.10. The van der Waals surface area contributed by atoms with Crippen molar-refractivity contribution < 1.29 is 4.74 Å². The van der Waals surface area contributed by atoms with Crippen LogP contribution in [0.1, 0.15) is 29.6 Å². The van der Waals surface area contributed by atoms with Crippen LogP contribution >= 0.6 is 0 Å². The van der Waals surface area contributed by atoms with Gasteiger partial charge in [0.2, 0.25) is 0 Å². The molecule has 0 amide bonds. The number of anilines is 1. The molecule has 0 radical (unpaired) electrons. The van der Waals surface area contributed by atoms with E-state index < -0.39 is 0 Å². The van der Waals surface area contributed by atoms with Crippen molar-refractivity contribution in [3.05, 3.63) is 108 Å². The van der Waals surface area contributed by atoms with Crippen LogP contribution in [0.4, 0.5) is 5.69 Å². The minimum atomic E-state index is 0.228. The molecule has 5 aromatic rings. The second-order valence-corrected chi connectivity index (χ2v) is 8.21. The van der Waals surface area contributed by atoms with Crippen LogP contribution in [-0.4, -0.2) is 11.7 Å². The third-order valence-electron chi connectivity index (χ3n) is 6.56. The van der Waals surface area contributed by atoms with E-state index in [4.69, 9.17) is 4.74 Å². The third kappa shape index (κ3) is 2.89. The predicted molar refractivity (Wildman–Crippen MR) is 128 cm³/mol. The Bertz CT molecular complexity index is 1330. The molecule has 3 heteroatoms. The van der Waals surface area contributed by atoms with Gasteiger partial charge in [0.15, 0.2) is 0 Å². The zero-order chi connectivity index (χ0) is 20.8. The standard InChI is InChI=1S/C28H24N2O/c1-31-20-16-14-19(15-17-20)25-18-28(23-10-2-5-11-24(23)29-25)30-26-12-6-3-8-21(26)22-9-4-7-13-27(22)30/h2-17,25,28-29H,18H2,1H3/t25-,28+/m0/s1. The molecule has 1 aliphatic heterocycles. The van der Waals surface area contributed by atoms with Crippen LogP contribution in [0, 0.1) is 0 Å². The fourth-order valence-corrected chi connectivity index (χ4v) is 5.10. The molecule has 4 aromatic carbocycles. The number of nitrogens with zero attached hydrogens (tertiary/aromatic N) is 1. The van der Waals surface area contributed by atoms with E-state index in [0.29, 0.717) is 0 Å². The molecule has 0 saturated heterocycles. The normalized spacial score (nSPS) is 18.0. The van der Waals surface area contributed by atoms with Crippen LogP contribution < -0.4 is 10.1 Å². The van der Waals surface area contributed by atoms with Crippen LogP contribution in [0.15, 0.2) is 97.1 Å². The average molecular weight is 405 g/mol. The molecule has 31 heavy (non-hydrogen) atoms. The summed E-state index contributed by atoms with van der Waals surface area (Å²) in [5, 5.41) is 6.41. The number of para-hydroxylation sites is 3. The Labute approximate surface area is 181 Å². The van der Waals surface area contributed by atoms with Gasteiger partial charge in [0.1, 0.15) is 5.75 Å². The van der Waals surface area contributed by atoms with E-state index in [1.54, 1.807) is 7.11 Å². The molecule has 0 unspecified atom stereocenters. The van der Waals surface area contributed by atoms with Gasteiger partial charge in [0, 0.05) is 27.5 Å². The molecular weight excluding hydrogens is 380 g/mol. The summed E-state index contributed by atoms with van der Waals surface area (Å²) in [7, 11) is 1.71. The highest BCUT2D eigenvalue weighted by Crippen LogP contribution is 2.44. The average Bonchev–Trinajstić information content (AvgIpc) is 3.18. The van der Waals surface area contributed by atoms with Gasteiger partial charge in [-0.05, 0) is 47.9 Å². The number of aromatic nitrogens is 1. The molecule has 2 atom stereocenters. The second-order valence-electron chi connectivity index (χ2n) is 8.21. The molecule has 6 rings (SSSR count). The van der Waals surface area contributed by atoms with E-state index in [9.17, 15) is 0 Å². The zero-order valence-corrected chi connectivity index (χ0v) is 17.5. The van der Waals surface area contributed by atoms with E-state index in [2.05, 4.69) is 94.8 Å². The molecule has 0 bridgehead atoms. The van der Waals surface area contributed by atoms with Crippen molar-refractivity contribution in [1.29, 1.82) is 0 Å². The summed E-state index contributed by atoms with van der Waals surface area (Å²) < 4.78 is 7.91. The lowest BCUT2D eigenvalue weighted by atomic mass is 9.89. The molecule has 2 heterocycles. The molecule has 1 aromatic heterocycles. The Hall–Kier alpha value is -3.72. The first-order valence-electron chi connectivity index (χ1n) is 10.8. The maximum atomic E-state index is 5.36. The highest BCUT2D eigenvalue weighted by atomic mass is 16.5. The SMILES string of the molecule is COc1ccc([C@@H]2C[C@@H](n3c4ccccc4c4ccccc43)c3ccccc3N2)cc1. The lowest BCUT2D eigenvalue weighted by Crippen LogP contribution is -2.25. The highest BCUT2D eigenvalue weighted by molar-refractivity contribution is 6.08. The maximum absolute atomic E-state index is 5.36. The van der Waals surface area contributed by atoms with Gasteiger partial charge in [0.05, 0.1) is 19.2 Å². The van der Waals surface area contributed by atoms with Crippen LogP contribution in [-0.2, 0) is 0 Å². The monoisotopic (exact) mass is 404 g/mol. The minimum absolute atomic E-state index is 0.228. The lowest BCUT2D eigenvalue weighted by molar-refractivity contribution is 0.414. The molecule has 0 spiro atoms. The molecule has 0 saturated carbocycles. The first-order valence-corrected chi connectivity index (χ1v) is 10.8. The first-order chi connectivity index (χ1) is 15.3. The zero-order valence-electron chi connectivity index (χ0n) is 17.5. The summed E-state index contributed by atoms with van der Waals surface area (Å²) in [5.74, 6) is 0.888. The van der Waals surface area contributed by atoms with Gasteiger partial charge in [0.25, 0.3) is 0 Å². The van der Waals surface area contributed by atoms with Gasteiger partial charge >= 0.3 is 0 Å². The first kappa shape index (κ1) is 18.1. The Kier molecular flexibility index (Phi) is 4.20. The van der Waals surface area contributed by atoms with Crippen LogP contribution in [0.25, 0.3) is 21.8 Å². The van der Waals surface area contributed by atoms with Crippen molar-refractivity contribution in [2.24, 2.45) is 0 Å². The Morgan fingerprint density at radius 1 is 0.742 bits per heavy atom. The van der Waals surface area contributed by atoms with E-state index in [-0.39, 0.29) is 12.1 Å². The second kappa shape index (κ2) is 7.21. The van der Waals surface area contributed by atoms with Crippen LogP contribution in [0.3, 0.4) is 0 Å². The van der Waals surface area contributed by atoms with Crippen molar-refractivity contribution in [1.82, 2.24) is 4.57 Å². The minimum Gasteiger partial charge on any atom is -0.497 e. The quantitative estimate of drug-likeness (QED) is 0.352. The number of nitrogens with one attached hydrogen (secondary N) is 1. The fraction of sp³-hybridized carbons (Fsp3) is 0.143. The molecule has 1 N–H and O–H groups in total. The van der Waals surface area contributed by atoms with Crippen LogP contribution in [0.2, 0.25) is 0 Å². The van der Waals surface area contributed by atoms with Crippen molar-refractivity contribution in [3.8, 4) is 5.75 Å². The number of methoxy groups -OCH3 is 1. The number of fused-ring (bicyclic) bond motifs is 4. The molecular formula is C28H24N2O. The lowest BCUT2D eigenvalue weighted by Gasteiger charge is -2.35. The number of ether oxygens (including phenoxy) is 1. The van der Waals surface area contributed by atoms with Crippen molar-refractivity contribution in [2.45, 2.75) is 18.5 Å². The van der Waals surface area contributed by atoms with Crippen molar-refractivity contribution in [3.63, 3.8) is 0 Å². The van der Waals surface area contributed by atoms with Gasteiger partial charge in [-0.15, -0.1) is 0 Å². The summed E-state index contributed by atoms with van der Waals surface area (Å²) >= 11 is 0. The van der Waals surface area contributed by atoms with Gasteiger partial charge < -0.3 is 14.6 Å². The summed E-state index contributed by atoms with van der Waals surface area (Å²) in [5.41, 5.74) is 6.42. The Morgan fingerprint density at radius 2 is 1.35 bits per heavy atom. The smallest absolute Gasteiger partial charge is 0.118 e. The highest BCUT2D eigenvalue weighted by Gasteiger charge is 2.30. The van der Waals surface area contributed by atoms with Crippen LogP contribution in [0.5, 0.6) is 5.75 Å². The van der Waals surface area contributed by atoms with Gasteiger partial charge in [-0.25, -0.2) is 0 Å². The largest absolute Gasteiger partial charge is 0.497 e. The number of rotatable bonds is 3. The Morgan fingerprint density at radius 3 is 2.03 bits per heavy atom. The molecule has 152 valence electrons. The van der Waals surface area contributed by atoms with Gasteiger partial charge in [-0.1, -0.05) is 66.7 Å². The molecule has 0 aliphatic carbocycles. The number of benzene rings is 4. The number of hydrogen-bond acceptors (Lipinski definition) is 2. The van der Waals surface area contributed by atoms with E-state index in [1.165, 1.54) is 38.6 Å². The summed E-state index contributed by atoms with van der Waals surface area (Å²) in [6, 6.07) is 35.2. The summed E-state index contributed by atoms with van der Waals surface area (Å²) in [6.07, 6.45) is 0.978. The summed E-state index contributed by atoms with van der Waals surface area (Å²) in [6.45, 7) is 0. The maximum Gasteiger partial charge on any atom is 0.118 e. The molecule has 3 nitrogen and oxygen atoms in total. The molecule has 1 aliphatic rings. The topological polar surface area (TPSA) is 26.2 Å². The van der Waals surface area contributed by atoms with Gasteiger partial charge in [-0.3, -0.25) is 0 Å². The summed E-state index contributed by atoms with van der Waals surface area (Å²) in [4.78, 5) is 0. The van der Waals surface area contributed by atoms with Gasteiger partial charge in [-0.2, -0.15) is 0 Å². The van der Waals surface area contributed by atoms with Crippen molar-refractivity contribution >= 4 is 27.5 Å². The Balaban J connectivity index is 1.55. The van der Waals surface area contributed by atoms with E-state index >= 15 is 0 Å². The molecule has 0 fully saturated rings. The van der Waals surface area contributed by atoms with E-state index in [1.807, 2.05) is 12.1 Å². The third-order valence-corrected chi connectivity index (χ3v) is 6.56. The number of hydrogen-bond donors (Lipinski definition) is 1. The van der Waals surface area contributed by atoms with Crippen molar-refractivity contribution in [2.75, 3.05) is 12.4 Å².